The van der Waals surface area contributed by atoms with Crippen molar-refractivity contribution in [1.29, 1.82) is 0 Å². The maximum absolute atomic E-state index is 12.2. The molecular formula is C12H16N4O3S. The largest absolute Gasteiger partial charge is 0.508 e. The van der Waals surface area contributed by atoms with Gasteiger partial charge in [0.25, 0.3) is 10.0 Å². The van der Waals surface area contributed by atoms with E-state index in [1.54, 1.807) is 0 Å². The third-order valence-electron chi connectivity index (χ3n) is 2.60. The van der Waals surface area contributed by atoms with Crippen LogP contribution in [0.5, 0.6) is 5.75 Å². The molecule has 20 heavy (non-hydrogen) atoms. The summed E-state index contributed by atoms with van der Waals surface area (Å²) in [7, 11) is -3.83. The Labute approximate surface area is 117 Å². The lowest BCUT2D eigenvalue weighted by Gasteiger charge is -2.06. The smallest absolute Gasteiger partial charge is 0.267 e. The minimum atomic E-state index is -3.83. The predicted octanol–water partition coefficient (Wildman–Crippen LogP) is 1.38. The van der Waals surface area contributed by atoms with Crippen molar-refractivity contribution >= 4 is 21.5 Å². The Bertz CT molecular complexity index is 709. The van der Waals surface area contributed by atoms with Gasteiger partial charge in [0, 0.05) is 18.8 Å². The van der Waals surface area contributed by atoms with E-state index in [1.165, 1.54) is 35.1 Å². The molecule has 0 fully saturated rings. The molecule has 4 N–H and O–H groups in total. The number of phenols is 1. The van der Waals surface area contributed by atoms with Crippen LogP contribution < -0.4 is 10.5 Å². The molecule has 0 aliphatic rings. The summed E-state index contributed by atoms with van der Waals surface area (Å²) in [4.78, 5) is -0.0747. The van der Waals surface area contributed by atoms with Gasteiger partial charge in [0.2, 0.25) is 0 Å². The molecule has 0 saturated carbocycles. The fourth-order valence-electron chi connectivity index (χ4n) is 1.75. The molecule has 0 radical (unpaired) electrons. The Morgan fingerprint density at radius 2 is 2.20 bits per heavy atom. The Hall–Kier alpha value is -2.22. The number of aromatic hydroxyl groups is 1. The van der Waals surface area contributed by atoms with E-state index in [1.807, 2.05) is 6.92 Å². The molecule has 108 valence electrons. The minimum Gasteiger partial charge on any atom is -0.508 e. The molecule has 0 unspecified atom stereocenters. The van der Waals surface area contributed by atoms with Crippen LogP contribution in [-0.2, 0) is 16.6 Å². The van der Waals surface area contributed by atoms with Crippen molar-refractivity contribution in [2.45, 2.75) is 24.8 Å². The zero-order chi connectivity index (χ0) is 14.8. The number of hydrogen-bond acceptors (Lipinski definition) is 5. The summed E-state index contributed by atoms with van der Waals surface area (Å²) in [6, 6.07) is 5.83. The van der Waals surface area contributed by atoms with E-state index in [2.05, 4.69) is 9.82 Å². The maximum atomic E-state index is 12.2. The number of nitrogens with one attached hydrogen (secondary N) is 1. The molecule has 0 atom stereocenters. The molecule has 1 aromatic heterocycles. The number of nitrogen functional groups attached to an aromatic ring is 1. The highest BCUT2D eigenvalue weighted by Crippen LogP contribution is 2.22. The topological polar surface area (TPSA) is 110 Å². The van der Waals surface area contributed by atoms with E-state index in [0.29, 0.717) is 6.54 Å². The quantitative estimate of drug-likeness (QED) is 0.772. The molecule has 0 aliphatic heterocycles. The van der Waals surface area contributed by atoms with Crippen molar-refractivity contribution in [2.24, 2.45) is 0 Å². The predicted molar refractivity (Wildman–Crippen MR) is 75.8 cm³/mol. The maximum Gasteiger partial charge on any atom is 0.267 e. The molecule has 0 amide bonds. The second-order valence-corrected chi connectivity index (χ2v) is 5.95. The average molecular weight is 296 g/mol. The third-order valence-corrected chi connectivity index (χ3v) is 3.99. The van der Waals surface area contributed by atoms with E-state index in [9.17, 15) is 13.5 Å². The van der Waals surface area contributed by atoms with E-state index in [-0.39, 0.29) is 22.2 Å². The number of hydrogen-bond donors (Lipinski definition) is 3. The summed E-state index contributed by atoms with van der Waals surface area (Å²) in [6.45, 7) is 2.54. The molecular weight excluding hydrogens is 280 g/mol. The number of nitrogens with two attached hydrogens (primary N) is 1. The lowest BCUT2D eigenvalue weighted by atomic mass is 10.3. The summed E-state index contributed by atoms with van der Waals surface area (Å²) in [5, 5.41) is 13.3. The van der Waals surface area contributed by atoms with Crippen molar-refractivity contribution in [3.05, 3.63) is 30.5 Å². The summed E-state index contributed by atoms with van der Waals surface area (Å²) < 4.78 is 28.3. The Balaban J connectivity index is 2.30. The van der Waals surface area contributed by atoms with Crippen molar-refractivity contribution in [2.75, 3.05) is 10.5 Å². The van der Waals surface area contributed by atoms with Gasteiger partial charge in [-0.05, 0) is 18.6 Å². The van der Waals surface area contributed by atoms with Crippen LogP contribution in [0, 0.1) is 0 Å². The highest BCUT2D eigenvalue weighted by atomic mass is 32.2. The first kappa shape index (κ1) is 14.2. The van der Waals surface area contributed by atoms with Crippen LogP contribution in [0.15, 0.2) is 35.4 Å². The molecule has 1 aromatic carbocycles. The van der Waals surface area contributed by atoms with Crippen molar-refractivity contribution in [3.63, 3.8) is 0 Å². The van der Waals surface area contributed by atoms with Gasteiger partial charge in [-0.3, -0.25) is 9.40 Å². The van der Waals surface area contributed by atoms with Crippen molar-refractivity contribution in [1.82, 2.24) is 9.78 Å². The van der Waals surface area contributed by atoms with Crippen LogP contribution in [0.4, 0.5) is 11.5 Å². The van der Waals surface area contributed by atoms with Gasteiger partial charge in [0.15, 0.2) is 5.82 Å². The first-order valence-corrected chi connectivity index (χ1v) is 7.55. The number of aromatic nitrogens is 2. The summed E-state index contributed by atoms with van der Waals surface area (Å²) in [5.41, 5.74) is 5.90. The van der Waals surface area contributed by atoms with Crippen LogP contribution in [0.3, 0.4) is 0 Å². The Morgan fingerprint density at radius 3 is 2.85 bits per heavy atom. The fourth-order valence-corrected chi connectivity index (χ4v) is 2.87. The van der Waals surface area contributed by atoms with Crippen LogP contribution in [0.25, 0.3) is 0 Å². The Kier molecular flexibility index (Phi) is 3.84. The third kappa shape index (κ3) is 3.02. The van der Waals surface area contributed by atoms with E-state index >= 15 is 0 Å². The fraction of sp³-hybridized carbons (Fsp3) is 0.250. The number of sulfonamides is 1. The minimum absolute atomic E-state index is 0.0279. The number of phenolic OH excluding ortho intramolecular Hbond substituents is 1. The van der Waals surface area contributed by atoms with Gasteiger partial charge < -0.3 is 10.8 Å². The average Bonchev–Trinajstić information content (AvgIpc) is 2.71. The second kappa shape index (κ2) is 5.41. The lowest BCUT2D eigenvalue weighted by Crippen LogP contribution is -2.13. The van der Waals surface area contributed by atoms with Gasteiger partial charge in [-0.1, -0.05) is 13.0 Å². The van der Waals surface area contributed by atoms with Gasteiger partial charge in [-0.25, -0.2) is 8.42 Å². The molecule has 1 heterocycles. The van der Waals surface area contributed by atoms with E-state index in [0.717, 1.165) is 6.42 Å². The molecule has 8 heteroatoms. The number of rotatable bonds is 5. The highest BCUT2D eigenvalue weighted by Gasteiger charge is 2.21. The summed E-state index contributed by atoms with van der Waals surface area (Å²) in [5.74, 6) is -0.0778. The van der Waals surface area contributed by atoms with Crippen LogP contribution >= 0.6 is 0 Å². The van der Waals surface area contributed by atoms with Gasteiger partial charge in [0.1, 0.15) is 10.6 Å². The van der Waals surface area contributed by atoms with Gasteiger partial charge in [-0.2, -0.15) is 5.10 Å². The molecule has 0 aliphatic carbocycles. The second-order valence-electron chi connectivity index (χ2n) is 4.30. The molecule has 7 nitrogen and oxygen atoms in total. The standard InChI is InChI=1S/C12H16N4O3S/c1-2-6-16-8-11(12(13)14-16)20(18,19)15-9-4-3-5-10(17)7-9/h3-5,7-8,15,17H,2,6H2,1H3,(H2,13,14). The van der Waals surface area contributed by atoms with Gasteiger partial charge >= 0.3 is 0 Å². The molecule has 2 aromatic rings. The van der Waals surface area contributed by atoms with E-state index < -0.39 is 10.0 Å². The van der Waals surface area contributed by atoms with Crippen molar-refractivity contribution in [3.8, 4) is 5.75 Å². The highest BCUT2D eigenvalue weighted by molar-refractivity contribution is 7.92. The normalized spacial score (nSPS) is 11.4. The van der Waals surface area contributed by atoms with Gasteiger partial charge in [0.05, 0.1) is 5.69 Å². The van der Waals surface area contributed by atoms with Gasteiger partial charge in [-0.15, -0.1) is 0 Å². The number of anilines is 2. The summed E-state index contributed by atoms with van der Waals surface area (Å²) >= 11 is 0. The SMILES string of the molecule is CCCn1cc(S(=O)(=O)Nc2cccc(O)c2)c(N)n1. The summed E-state index contributed by atoms with van der Waals surface area (Å²) in [6.07, 6.45) is 2.21. The molecule has 2 rings (SSSR count). The molecule has 0 bridgehead atoms. The zero-order valence-electron chi connectivity index (χ0n) is 10.9. The first-order chi connectivity index (χ1) is 9.42. The van der Waals surface area contributed by atoms with Crippen molar-refractivity contribution < 1.29 is 13.5 Å². The monoisotopic (exact) mass is 296 g/mol. The number of aryl methyl sites for hydroxylation is 1. The van der Waals surface area contributed by atoms with Crippen LogP contribution in [-0.4, -0.2) is 23.3 Å². The lowest BCUT2D eigenvalue weighted by molar-refractivity contribution is 0.475. The Morgan fingerprint density at radius 1 is 1.45 bits per heavy atom. The number of benzene rings is 1. The van der Waals surface area contributed by atoms with Crippen LogP contribution in [0.2, 0.25) is 0 Å². The first-order valence-electron chi connectivity index (χ1n) is 6.07. The van der Waals surface area contributed by atoms with Crippen LogP contribution in [0.1, 0.15) is 13.3 Å². The zero-order valence-corrected chi connectivity index (χ0v) is 11.8. The molecule has 0 saturated heterocycles. The molecule has 0 spiro atoms. The van der Waals surface area contributed by atoms with E-state index in [4.69, 9.17) is 5.73 Å². The number of nitrogens with zero attached hydrogens (tertiary/aromatic N) is 2.